The molecule has 1 aliphatic heterocycles. The van der Waals surface area contributed by atoms with E-state index >= 15 is 0 Å². The van der Waals surface area contributed by atoms with Gasteiger partial charge < -0.3 is 15.2 Å². The second-order valence-electron chi connectivity index (χ2n) is 8.70. The Hall–Kier alpha value is -2.87. The van der Waals surface area contributed by atoms with Crippen LogP contribution in [-0.4, -0.2) is 28.8 Å². The molecule has 2 aromatic carbocycles. The number of nitrogens with one attached hydrogen (secondary N) is 1. The lowest BCUT2D eigenvalue weighted by molar-refractivity contribution is -0.254. The van der Waals surface area contributed by atoms with E-state index in [1.54, 1.807) is 26.0 Å². The van der Waals surface area contributed by atoms with E-state index in [0.29, 0.717) is 16.7 Å². The summed E-state index contributed by atoms with van der Waals surface area (Å²) in [5.41, 5.74) is -1.66. The van der Waals surface area contributed by atoms with Gasteiger partial charge in [-0.2, -0.15) is 13.2 Å². The number of fused-ring (bicyclic) bond motifs is 1. The number of ether oxygens (including phenoxy) is 1. The molecule has 0 aromatic heterocycles. The number of halogens is 3. The first-order valence-corrected chi connectivity index (χ1v) is 9.72. The van der Waals surface area contributed by atoms with Crippen molar-refractivity contribution in [2.45, 2.75) is 57.9 Å². The Labute approximate surface area is 178 Å². The highest BCUT2D eigenvalue weighted by Crippen LogP contribution is 2.42. The van der Waals surface area contributed by atoms with Crippen LogP contribution in [0.15, 0.2) is 36.4 Å². The summed E-state index contributed by atoms with van der Waals surface area (Å²) in [6, 6.07) is 9.43. The zero-order chi connectivity index (χ0) is 23.2. The van der Waals surface area contributed by atoms with Crippen LogP contribution >= 0.6 is 0 Å². The molecule has 0 aliphatic carbocycles. The highest BCUT2D eigenvalue weighted by molar-refractivity contribution is 5.99. The second kappa shape index (κ2) is 7.67. The summed E-state index contributed by atoms with van der Waals surface area (Å²) in [4.78, 5) is 24.2. The summed E-state index contributed by atoms with van der Waals surface area (Å²) < 4.78 is 46.7. The highest BCUT2D eigenvalue weighted by atomic mass is 19.4. The van der Waals surface area contributed by atoms with E-state index < -0.39 is 35.5 Å². The van der Waals surface area contributed by atoms with Gasteiger partial charge in [-0.05, 0) is 43.0 Å². The number of hydrogen-bond donors (Lipinski definition) is 2. The fourth-order valence-corrected chi connectivity index (χ4v) is 3.86. The molecule has 1 unspecified atom stereocenters. The van der Waals surface area contributed by atoms with Crippen LogP contribution in [-0.2, 0) is 21.6 Å². The third-order valence-corrected chi connectivity index (χ3v) is 5.49. The van der Waals surface area contributed by atoms with Crippen LogP contribution in [0.5, 0.6) is 0 Å². The van der Waals surface area contributed by atoms with Crippen LogP contribution in [0.4, 0.5) is 18.9 Å². The first-order chi connectivity index (χ1) is 14.2. The zero-order valence-electron chi connectivity index (χ0n) is 17.7. The van der Waals surface area contributed by atoms with Crippen molar-refractivity contribution >= 4 is 17.6 Å². The molecule has 5 nitrogen and oxygen atoms in total. The molecule has 8 heteroatoms. The maximum absolute atomic E-state index is 14.0. The monoisotopic (exact) mass is 435 g/mol. The van der Waals surface area contributed by atoms with Gasteiger partial charge in [0.2, 0.25) is 5.60 Å². The predicted octanol–water partition coefficient (Wildman–Crippen LogP) is 4.57. The summed E-state index contributed by atoms with van der Waals surface area (Å²) >= 11 is 0. The average molecular weight is 435 g/mol. The molecule has 3 rings (SSSR count). The molecule has 166 valence electrons. The van der Waals surface area contributed by atoms with E-state index in [4.69, 9.17) is 4.74 Å². The van der Waals surface area contributed by atoms with Gasteiger partial charge >= 0.3 is 12.1 Å². The lowest BCUT2D eigenvalue weighted by Crippen LogP contribution is -2.57. The quantitative estimate of drug-likeness (QED) is 0.675. The number of carbonyl (C=O) groups is 2. The van der Waals surface area contributed by atoms with Gasteiger partial charge in [0, 0.05) is 17.7 Å². The van der Waals surface area contributed by atoms with Gasteiger partial charge in [0.15, 0.2) is 0 Å². The Bertz CT molecular complexity index is 1030. The van der Waals surface area contributed by atoms with Crippen LogP contribution in [0, 0.1) is 13.8 Å². The van der Waals surface area contributed by atoms with Crippen molar-refractivity contribution in [3.8, 4) is 0 Å². The number of anilines is 1. The highest BCUT2D eigenvalue weighted by Gasteiger charge is 2.61. The molecule has 0 radical (unpaired) electrons. The Balaban J connectivity index is 1.91. The summed E-state index contributed by atoms with van der Waals surface area (Å²) in [5, 5.41) is 12.8. The number of alkyl halides is 3. The molecule has 0 saturated heterocycles. The number of esters is 1. The minimum absolute atomic E-state index is 0.0266. The molecule has 0 bridgehead atoms. The molecule has 31 heavy (non-hydrogen) atoms. The van der Waals surface area contributed by atoms with Gasteiger partial charge in [-0.15, -0.1) is 0 Å². The Kier molecular flexibility index (Phi) is 5.65. The van der Waals surface area contributed by atoms with Gasteiger partial charge in [0.25, 0.3) is 5.91 Å². The van der Waals surface area contributed by atoms with Crippen molar-refractivity contribution in [1.29, 1.82) is 0 Å². The number of cyclic esters (lactones) is 1. The third kappa shape index (κ3) is 4.44. The molecule has 1 atom stereocenters. The van der Waals surface area contributed by atoms with Gasteiger partial charge in [-0.25, -0.2) is 4.79 Å². The molecule has 1 heterocycles. The number of amides is 1. The van der Waals surface area contributed by atoms with Gasteiger partial charge in [0.05, 0.1) is 5.56 Å². The molecule has 2 aromatic rings. The first-order valence-electron chi connectivity index (χ1n) is 9.72. The number of rotatable bonds is 5. The molecule has 1 amide bonds. The number of carbonyl (C=O) groups excluding carboxylic acids is 2. The molecular formula is C23H24F3NO4. The molecule has 1 aliphatic rings. The maximum Gasteiger partial charge on any atom is 0.426 e. The van der Waals surface area contributed by atoms with Crippen LogP contribution in [0.3, 0.4) is 0 Å². The summed E-state index contributed by atoms with van der Waals surface area (Å²) in [6.45, 7) is 6.75. The summed E-state index contributed by atoms with van der Waals surface area (Å²) in [5.74, 6) is -2.11. The summed E-state index contributed by atoms with van der Waals surface area (Å²) in [7, 11) is 0. The standard InChI is InChI=1S/C23H24F3NO4/c1-13-7-14(2)9-16(8-13)21(3,4)12-22(30,23(24,25)26)20(29)27-17-5-6-18-15(10-17)11-31-19(18)28/h5-10,30H,11-12H2,1-4H3,(H,27,29). The van der Waals surface area contributed by atoms with E-state index in [1.807, 2.05) is 19.9 Å². The topological polar surface area (TPSA) is 75.6 Å². The van der Waals surface area contributed by atoms with Gasteiger partial charge in [-0.1, -0.05) is 43.2 Å². The molecular weight excluding hydrogens is 411 g/mol. The van der Waals surface area contributed by atoms with E-state index in [0.717, 1.165) is 11.1 Å². The normalized spacial score (nSPS) is 15.8. The fraction of sp³-hybridized carbons (Fsp3) is 0.391. The zero-order valence-corrected chi connectivity index (χ0v) is 17.7. The van der Waals surface area contributed by atoms with Crippen LogP contribution in [0.1, 0.15) is 52.9 Å². The van der Waals surface area contributed by atoms with Crippen LogP contribution in [0.25, 0.3) is 0 Å². The molecule has 2 N–H and O–H groups in total. The van der Waals surface area contributed by atoms with E-state index in [2.05, 4.69) is 5.32 Å². The van der Waals surface area contributed by atoms with Gasteiger partial charge in [-0.3, -0.25) is 4.79 Å². The Morgan fingerprint density at radius 1 is 1.10 bits per heavy atom. The van der Waals surface area contributed by atoms with E-state index in [-0.39, 0.29) is 12.3 Å². The van der Waals surface area contributed by atoms with Crippen molar-refractivity contribution in [3.63, 3.8) is 0 Å². The van der Waals surface area contributed by atoms with E-state index in [9.17, 15) is 27.9 Å². The predicted molar refractivity (Wildman–Crippen MR) is 109 cm³/mol. The average Bonchev–Trinajstić information content (AvgIpc) is 3.00. The van der Waals surface area contributed by atoms with Crippen LogP contribution in [0.2, 0.25) is 0 Å². The number of aliphatic hydroxyl groups is 1. The second-order valence-corrected chi connectivity index (χ2v) is 8.70. The SMILES string of the molecule is Cc1cc(C)cc(C(C)(C)CC(O)(C(=O)Nc2ccc3c(c2)COC3=O)C(F)(F)F)c1. The van der Waals surface area contributed by atoms with Crippen molar-refractivity contribution in [3.05, 3.63) is 64.2 Å². The lowest BCUT2D eigenvalue weighted by atomic mass is 9.74. The molecule has 0 fully saturated rings. The molecule has 0 spiro atoms. The maximum atomic E-state index is 14.0. The molecule has 0 saturated carbocycles. The van der Waals surface area contributed by atoms with Crippen LogP contribution < -0.4 is 5.32 Å². The smallest absolute Gasteiger partial charge is 0.426 e. The minimum Gasteiger partial charge on any atom is -0.457 e. The number of hydrogen-bond acceptors (Lipinski definition) is 4. The Morgan fingerprint density at radius 3 is 2.29 bits per heavy atom. The van der Waals surface area contributed by atoms with Crippen molar-refractivity contribution in [2.24, 2.45) is 0 Å². The lowest BCUT2D eigenvalue weighted by Gasteiger charge is -2.37. The van der Waals surface area contributed by atoms with Crippen molar-refractivity contribution in [1.82, 2.24) is 0 Å². The van der Waals surface area contributed by atoms with Gasteiger partial charge in [0.1, 0.15) is 6.61 Å². The first kappa shape index (κ1) is 22.8. The fourth-order valence-electron chi connectivity index (χ4n) is 3.86. The van der Waals surface area contributed by atoms with Crippen molar-refractivity contribution in [2.75, 3.05) is 5.32 Å². The number of aryl methyl sites for hydroxylation is 2. The van der Waals surface area contributed by atoms with E-state index in [1.165, 1.54) is 18.2 Å². The minimum atomic E-state index is -5.21. The summed E-state index contributed by atoms with van der Waals surface area (Å²) in [6.07, 6.45) is -6.08. The number of benzene rings is 2. The largest absolute Gasteiger partial charge is 0.457 e. The Morgan fingerprint density at radius 2 is 1.71 bits per heavy atom. The third-order valence-electron chi connectivity index (χ3n) is 5.49. The van der Waals surface area contributed by atoms with Crippen molar-refractivity contribution < 1.29 is 32.6 Å².